The molecule has 1 saturated carbocycles. The summed E-state index contributed by atoms with van der Waals surface area (Å²) < 4.78 is 5.69. The molecule has 0 spiro atoms. The lowest BCUT2D eigenvalue weighted by Crippen LogP contribution is -2.43. The minimum Gasteiger partial charge on any atom is -0.363 e. The molecule has 1 heterocycles. The van der Waals surface area contributed by atoms with E-state index in [-0.39, 0.29) is 24.4 Å². The van der Waals surface area contributed by atoms with Crippen LogP contribution in [0.2, 0.25) is 0 Å². The Labute approximate surface area is 131 Å². The first-order valence-corrected chi connectivity index (χ1v) is 7.49. The van der Waals surface area contributed by atoms with Crippen molar-refractivity contribution in [3.63, 3.8) is 0 Å². The van der Waals surface area contributed by atoms with Gasteiger partial charge >= 0.3 is 0 Å². The molecule has 1 fully saturated rings. The number of halogens is 1. The lowest BCUT2D eigenvalue weighted by molar-refractivity contribution is -0.135. The minimum absolute atomic E-state index is 0. The van der Waals surface area contributed by atoms with E-state index in [1.807, 2.05) is 18.2 Å². The molecule has 0 radical (unpaired) electrons. The van der Waals surface area contributed by atoms with Gasteiger partial charge in [0.1, 0.15) is 0 Å². The van der Waals surface area contributed by atoms with Gasteiger partial charge in [0.15, 0.2) is 6.10 Å². The van der Waals surface area contributed by atoms with Crippen LogP contribution in [0.25, 0.3) is 0 Å². The third kappa shape index (κ3) is 3.76. The number of hydrogen-bond donors (Lipinski definition) is 2. The van der Waals surface area contributed by atoms with E-state index in [2.05, 4.69) is 11.4 Å². The average molecular weight is 311 g/mol. The van der Waals surface area contributed by atoms with E-state index in [9.17, 15) is 4.79 Å². The summed E-state index contributed by atoms with van der Waals surface area (Å²) in [4.78, 5) is 12.4. The Hall–Kier alpha value is -1.10. The van der Waals surface area contributed by atoms with Crippen molar-refractivity contribution in [2.45, 2.75) is 50.3 Å². The quantitative estimate of drug-likeness (QED) is 0.879. The highest BCUT2D eigenvalue weighted by Gasteiger charge is 2.29. The van der Waals surface area contributed by atoms with Crippen molar-refractivity contribution in [1.82, 2.24) is 5.32 Å². The van der Waals surface area contributed by atoms with E-state index in [0.29, 0.717) is 12.6 Å². The fourth-order valence-electron chi connectivity index (χ4n) is 3.15. The molecule has 1 aromatic carbocycles. The summed E-state index contributed by atoms with van der Waals surface area (Å²) in [7, 11) is 0. The molecule has 2 aliphatic rings. The van der Waals surface area contributed by atoms with Gasteiger partial charge in [-0.25, -0.2) is 0 Å². The Morgan fingerprint density at radius 3 is 2.67 bits per heavy atom. The number of fused-ring (bicyclic) bond motifs is 1. The topological polar surface area (TPSA) is 64.3 Å². The molecule has 1 aromatic rings. The number of nitrogens with one attached hydrogen (secondary N) is 1. The normalized spacial score (nSPS) is 28.1. The van der Waals surface area contributed by atoms with Crippen molar-refractivity contribution in [3.05, 3.63) is 35.4 Å². The van der Waals surface area contributed by atoms with Gasteiger partial charge < -0.3 is 15.8 Å². The predicted molar refractivity (Wildman–Crippen MR) is 84.5 cm³/mol. The predicted octanol–water partition coefficient (Wildman–Crippen LogP) is 2.11. The molecule has 0 saturated heterocycles. The maximum absolute atomic E-state index is 12.4. The zero-order valence-electron chi connectivity index (χ0n) is 12.1. The van der Waals surface area contributed by atoms with Crippen LogP contribution >= 0.6 is 12.4 Å². The first kappa shape index (κ1) is 16.3. The van der Waals surface area contributed by atoms with Crippen molar-refractivity contribution in [3.8, 4) is 0 Å². The second kappa shape index (κ2) is 7.25. The van der Waals surface area contributed by atoms with Crippen LogP contribution in [-0.4, -0.2) is 24.6 Å². The molecular formula is C16H23ClN2O2. The number of hydrogen-bond acceptors (Lipinski definition) is 3. The first-order valence-electron chi connectivity index (χ1n) is 7.49. The summed E-state index contributed by atoms with van der Waals surface area (Å²) >= 11 is 0. The van der Waals surface area contributed by atoms with Crippen LogP contribution in [0.1, 0.15) is 42.9 Å². The van der Waals surface area contributed by atoms with Gasteiger partial charge in [-0.15, -0.1) is 12.4 Å². The van der Waals surface area contributed by atoms with Gasteiger partial charge in [0.25, 0.3) is 5.91 Å². The summed E-state index contributed by atoms with van der Waals surface area (Å²) in [5, 5.41) is 3.13. The number of rotatable bonds is 2. The average Bonchev–Trinajstić information content (AvgIpc) is 2.49. The Morgan fingerprint density at radius 1 is 1.19 bits per heavy atom. The van der Waals surface area contributed by atoms with Gasteiger partial charge in [0.05, 0.1) is 6.61 Å². The highest BCUT2D eigenvalue weighted by Crippen LogP contribution is 2.27. The van der Waals surface area contributed by atoms with Crippen LogP contribution in [0, 0.1) is 0 Å². The van der Waals surface area contributed by atoms with Gasteiger partial charge in [-0.1, -0.05) is 24.3 Å². The van der Waals surface area contributed by atoms with Crippen LogP contribution in [0.5, 0.6) is 0 Å². The summed E-state index contributed by atoms with van der Waals surface area (Å²) in [6, 6.07) is 8.61. The summed E-state index contributed by atoms with van der Waals surface area (Å²) in [5.41, 5.74) is 8.14. The van der Waals surface area contributed by atoms with E-state index >= 15 is 0 Å². The third-order valence-electron chi connectivity index (χ3n) is 4.35. The second-order valence-electron chi connectivity index (χ2n) is 5.82. The number of carbonyl (C=O) groups is 1. The van der Waals surface area contributed by atoms with Gasteiger partial charge in [0.2, 0.25) is 0 Å². The molecular weight excluding hydrogens is 288 g/mol. The summed E-state index contributed by atoms with van der Waals surface area (Å²) in [5.74, 6) is -0.00220. The third-order valence-corrected chi connectivity index (χ3v) is 4.35. The Balaban J connectivity index is 0.00000161. The Kier molecular flexibility index (Phi) is 5.62. The maximum atomic E-state index is 12.4. The number of benzene rings is 1. The zero-order valence-corrected chi connectivity index (χ0v) is 12.9. The number of nitrogens with two attached hydrogens (primary N) is 1. The molecule has 1 atom stereocenters. The number of amides is 1. The Bertz CT molecular complexity index is 487. The Morgan fingerprint density at radius 2 is 1.90 bits per heavy atom. The molecule has 1 aliphatic carbocycles. The van der Waals surface area contributed by atoms with Crippen LogP contribution in [0.3, 0.4) is 0 Å². The summed E-state index contributed by atoms with van der Waals surface area (Å²) in [6.07, 6.45) is 4.37. The maximum Gasteiger partial charge on any atom is 0.253 e. The van der Waals surface area contributed by atoms with Gasteiger partial charge in [-0.3, -0.25) is 4.79 Å². The molecule has 3 rings (SSSR count). The second-order valence-corrected chi connectivity index (χ2v) is 5.82. The molecule has 5 heteroatoms. The molecule has 0 aromatic heterocycles. The first-order chi connectivity index (χ1) is 9.74. The molecule has 1 amide bonds. The standard InChI is InChI=1S/C16H22N2O2.ClH/c17-12-5-7-13(8-6-12)18-16(19)15-14-4-2-1-3-11(14)9-10-20-15;/h1-4,12-13,15H,5-10,17H2,(H,18,19);1H. The molecule has 3 N–H and O–H groups in total. The van der Waals surface area contributed by atoms with E-state index in [0.717, 1.165) is 37.7 Å². The van der Waals surface area contributed by atoms with Crippen molar-refractivity contribution < 1.29 is 9.53 Å². The number of ether oxygens (including phenoxy) is 1. The monoisotopic (exact) mass is 310 g/mol. The molecule has 1 aliphatic heterocycles. The largest absolute Gasteiger partial charge is 0.363 e. The van der Waals surface area contributed by atoms with E-state index in [1.165, 1.54) is 5.56 Å². The van der Waals surface area contributed by atoms with E-state index in [4.69, 9.17) is 10.5 Å². The lowest BCUT2D eigenvalue weighted by Gasteiger charge is -2.30. The van der Waals surface area contributed by atoms with Crippen LogP contribution in [0.4, 0.5) is 0 Å². The highest BCUT2D eigenvalue weighted by molar-refractivity contribution is 5.85. The van der Waals surface area contributed by atoms with Crippen molar-refractivity contribution in [2.24, 2.45) is 5.73 Å². The fraction of sp³-hybridized carbons (Fsp3) is 0.562. The SMILES string of the molecule is Cl.NC1CCC(NC(=O)C2OCCc3ccccc32)CC1. The van der Waals surface area contributed by atoms with E-state index < -0.39 is 6.10 Å². The lowest BCUT2D eigenvalue weighted by atomic mass is 9.91. The van der Waals surface area contributed by atoms with Crippen molar-refractivity contribution in [1.29, 1.82) is 0 Å². The van der Waals surface area contributed by atoms with Crippen molar-refractivity contribution >= 4 is 18.3 Å². The van der Waals surface area contributed by atoms with Crippen LogP contribution < -0.4 is 11.1 Å². The molecule has 116 valence electrons. The van der Waals surface area contributed by atoms with Crippen LogP contribution in [0.15, 0.2) is 24.3 Å². The number of carbonyl (C=O) groups excluding carboxylic acids is 1. The minimum atomic E-state index is -0.449. The zero-order chi connectivity index (χ0) is 13.9. The van der Waals surface area contributed by atoms with Gasteiger partial charge in [-0.05, 0) is 43.2 Å². The van der Waals surface area contributed by atoms with E-state index in [1.54, 1.807) is 0 Å². The van der Waals surface area contributed by atoms with Gasteiger partial charge in [0, 0.05) is 12.1 Å². The van der Waals surface area contributed by atoms with Crippen molar-refractivity contribution in [2.75, 3.05) is 6.61 Å². The van der Waals surface area contributed by atoms with Crippen LogP contribution in [-0.2, 0) is 16.0 Å². The molecule has 21 heavy (non-hydrogen) atoms. The van der Waals surface area contributed by atoms with Gasteiger partial charge in [-0.2, -0.15) is 0 Å². The molecule has 4 nitrogen and oxygen atoms in total. The summed E-state index contributed by atoms with van der Waals surface area (Å²) in [6.45, 7) is 0.616. The highest BCUT2D eigenvalue weighted by atomic mass is 35.5. The fourth-order valence-corrected chi connectivity index (χ4v) is 3.15. The molecule has 1 unspecified atom stereocenters. The molecule has 0 bridgehead atoms. The smallest absolute Gasteiger partial charge is 0.253 e.